The Morgan fingerprint density at radius 3 is 2.57 bits per heavy atom. The average Bonchev–Trinajstić information content (AvgIpc) is 2.91. The molecule has 0 spiro atoms. The van der Waals surface area contributed by atoms with Gasteiger partial charge >= 0.3 is 6.03 Å². The molecule has 114 valence electrons. The number of alkyl halides is 2. The van der Waals surface area contributed by atoms with Crippen LogP contribution in [0.1, 0.15) is 10.4 Å². The lowest BCUT2D eigenvalue weighted by Crippen LogP contribution is -2.41. The summed E-state index contributed by atoms with van der Waals surface area (Å²) in [7, 11) is 0. The Morgan fingerprint density at radius 2 is 2.05 bits per heavy atom. The van der Waals surface area contributed by atoms with Crippen LogP contribution >= 0.6 is 0 Å². The van der Waals surface area contributed by atoms with Crippen LogP contribution in [0.5, 0.6) is 0 Å². The third kappa shape index (κ3) is 3.66. The number of carbonyl (C=O) groups is 2. The molecule has 21 heavy (non-hydrogen) atoms. The molecule has 0 unspecified atom stereocenters. The zero-order valence-electron chi connectivity index (χ0n) is 11.2. The highest BCUT2D eigenvalue weighted by atomic mass is 19.3. The number of anilines is 1. The summed E-state index contributed by atoms with van der Waals surface area (Å²) in [5.74, 6) is -3.73. The first-order valence-corrected chi connectivity index (χ1v) is 6.44. The van der Waals surface area contributed by atoms with E-state index in [-0.39, 0.29) is 11.6 Å². The lowest BCUT2D eigenvalue weighted by Gasteiger charge is -2.16. The molecule has 3 amide bonds. The van der Waals surface area contributed by atoms with Crippen molar-refractivity contribution in [2.75, 3.05) is 31.1 Å². The van der Waals surface area contributed by atoms with Crippen LogP contribution in [0.15, 0.2) is 24.3 Å². The molecule has 0 bridgehead atoms. The predicted octanol–water partition coefficient (Wildman–Crippen LogP) is 0.540. The predicted molar refractivity (Wildman–Crippen MR) is 73.5 cm³/mol. The molecule has 0 saturated carbocycles. The largest absolute Gasteiger partial charge is 0.346 e. The number of rotatable bonds is 5. The van der Waals surface area contributed by atoms with Crippen molar-refractivity contribution in [1.82, 2.24) is 10.6 Å². The zero-order valence-corrected chi connectivity index (χ0v) is 11.2. The summed E-state index contributed by atoms with van der Waals surface area (Å²) in [5.41, 5.74) is 5.78. The first-order chi connectivity index (χ1) is 9.93. The maximum absolute atomic E-state index is 12.9. The van der Waals surface area contributed by atoms with Crippen LogP contribution in [0.3, 0.4) is 0 Å². The van der Waals surface area contributed by atoms with Gasteiger partial charge in [0.2, 0.25) is 0 Å². The number of benzene rings is 1. The summed E-state index contributed by atoms with van der Waals surface area (Å²) in [5, 5.41) is 4.79. The lowest BCUT2D eigenvalue weighted by molar-refractivity contribution is 0.0118. The lowest BCUT2D eigenvalue weighted by atomic mass is 10.2. The summed E-state index contributed by atoms with van der Waals surface area (Å²) in [6.45, 7) is -0.517. The Morgan fingerprint density at radius 1 is 1.38 bits per heavy atom. The minimum absolute atomic E-state index is 0.199. The molecule has 1 aromatic rings. The molecule has 0 aliphatic carbocycles. The fraction of sp³-hybridized carbons (Fsp3) is 0.385. The smallest absolute Gasteiger partial charge is 0.321 e. The van der Waals surface area contributed by atoms with Gasteiger partial charge in [0.05, 0.1) is 13.1 Å². The summed E-state index contributed by atoms with van der Waals surface area (Å²) in [6.07, 6.45) is 0. The first-order valence-electron chi connectivity index (χ1n) is 6.44. The molecule has 1 heterocycles. The van der Waals surface area contributed by atoms with Crippen LogP contribution in [0.2, 0.25) is 0 Å². The minimum atomic E-state index is -3.12. The van der Waals surface area contributed by atoms with Crippen molar-refractivity contribution in [3.63, 3.8) is 0 Å². The SMILES string of the molecule is NCC(F)(F)CNC(=O)c1ccc(N2CCNC2=O)cc1. The average molecular weight is 298 g/mol. The topological polar surface area (TPSA) is 87.5 Å². The van der Waals surface area contributed by atoms with E-state index in [9.17, 15) is 18.4 Å². The molecule has 1 aliphatic heterocycles. The molecule has 4 N–H and O–H groups in total. The van der Waals surface area contributed by atoms with Crippen LogP contribution in [0.25, 0.3) is 0 Å². The van der Waals surface area contributed by atoms with Gasteiger partial charge in [-0.2, -0.15) is 0 Å². The fourth-order valence-electron chi connectivity index (χ4n) is 1.89. The standard InChI is InChI=1S/C13H16F2N4O2/c14-13(15,7-16)8-18-11(20)9-1-3-10(4-2-9)19-6-5-17-12(19)21/h1-4H,5-8,16H2,(H,17,21)(H,18,20). The third-order valence-corrected chi connectivity index (χ3v) is 3.10. The Labute approximate surface area is 120 Å². The van der Waals surface area contributed by atoms with Gasteiger partial charge in [-0.05, 0) is 24.3 Å². The summed E-state index contributed by atoms with van der Waals surface area (Å²) in [4.78, 5) is 24.7. The van der Waals surface area contributed by atoms with Gasteiger partial charge in [-0.15, -0.1) is 0 Å². The molecule has 2 rings (SSSR count). The van der Waals surface area contributed by atoms with Gasteiger partial charge in [0.15, 0.2) is 0 Å². The van der Waals surface area contributed by atoms with E-state index < -0.39 is 24.9 Å². The molecule has 1 aromatic carbocycles. The Balaban J connectivity index is 1.98. The molecule has 1 saturated heterocycles. The molecule has 1 fully saturated rings. The monoisotopic (exact) mass is 298 g/mol. The van der Waals surface area contributed by atoms with Crippen molar-refractivity contribution in [2.24, 2.45) is 5.73 Å². The van der Waals surface area contributed by atoms with E-state index in [1.807, 2.05) is 0 Å². The highest BCUT2D eigenvalue weighted by Gasteiger charge is 2.27. The second-order valence-electron chi connectivity index (χ2n) is 4.67. The Hall–Kier alpha value is -2.22. The second kappa shape index (κ2) is 6.04. The Kier molecular flexibility index (Phi) is 4.37. The van der Waals surface area contributed by atoms with Gasteiger partial charge in [-0.3, -0.25) is 9.69 Å². The van der Waals surface area contributed by atoms with E-state index >= 15 is 0 Å². The number of nitrogens with zero attached hydrogens (tertiary/aromatic N) is 1. The van der Waals surface area contributed by atoms with Gasteiger partial charge in [0.25, 0.3) is 11.8 Å². The quantitative estimate of drug-likeness (QED) is 0.741. The van der Waals surface area contributed by atoms with Gasteiger partial charge in [-0.1, -0.05) is 0 Å². The van der Waals surface area contributed by atoms with E-state index in [2.05, 4.69) is 10.6 Å². The number of nitrogens with one attached hydrogen (secondary N) is 2. The number of amides is 3. The van der Waals surface area contributed by atoms with Gasteiger partial charge in [0.1, 0.15) is 0 Å². The molecule has 8 heteroatoms. The van der Waals surface area contributed by atoms with Gasteiger partial charge in [0, 0.05) is 24.3 Å². The molecule has 1 aliphatic rings. The van der Waals surface area contributed by atoms with Crippen molar-refractivity contribution in [2.45, 2.75) is 5.92 Å². The second-order valence-corrected chi connectivity index (χ2v) is 4.67. The highest BCUT2D eigenvalue weighted by Crippen LogP contribution is 2.17. The highest BCUT2D eigenvalue weighted by molar-refractivity contribution is 5.97. The maximum atomic E-state index is 12.9. The number of hydrogen-bond donors (Lipinski definition) is 3. The van der Waals surface area contributed by atoms with Crippen molar-refractivity contribution in [1.29, 1.82) is 0 Å². The number of halogens is 2. The van der Waals surface area contributed by atoms with E-state index in [1.165, 1.54) is 17.0 Å². The van der Waals surface area contributed by atoms with Crippen LogP contribution in [0.4, 0.5) is 19.3 Å². The number of urea groups is 1. The molecule has 0 aromatic heterocycles. The van der Waals surface area contributed by atoms with Crippen LogP contribution < -0.4 is 21.3 Å². The minimum Gasteiger partial charge on any atom is -0.346 e. The van der Waals surface area contributed by atoms with Crippen molar-refractivity contribution >= 4 is 17.6 Å². The first kappa shape index (κ1) is 15.2. The third-order valence-electron chi connectivity index (χ3n) is 3.10. The van der Waals surface area contributed by atoms with Crippen molar-refractivity contribution < 1.29 is 18.4 Å². The van der Waals surface area contributed by atoms with E-state index in [1.54, 1.807) is 12.1 Å². The molecular weight excluding hydrogens is 282 g/mol. The fourth-order valence-corrected chi connectivity index (χ4v) is 1.89. The molecule has 6 nitrogen and oxygen atoms in total. The molecular formula is C13H16F2N4O2. The van der Waals surface area contributed by atoms with E-state index in [0.29, 0.717) is 18.8 Å². The zero-order chi connectivity index (χ0) is 15.5. The van der Waals surface area contributed by atoms with E-state index in [0.717, 1.165) is 0 Å². The number of carbonyl (C=O) groups excluding carboxylic acids is 2. The normalized spacial score (nSPS) is 15.0. The van der Waals surface area contributed by atoms with Gasteiger partial charge in [-0.25, -0.2) is 13.6 Å². The van der Waals surface area contributed by atoms with Crippen LogP contribution in [0, 0.1) is 0 Å². The summed E-state index contributed by atoms with van der Waals surface area (Å²) in [6, 6.07) is 5.96. The van der Waals surface area contributed by atoms with Gasteiger partial charge < -0.3 is 16.4 Å². The molecule has 0 radical (unpaired) electrons. The van der Waals surface area contributed by atoms with Crippen molar-refractivity contribution in [3.05, 3.63) is 29.8 Å². The number of nitrogens with two attached hydrogens (primary N) is 1. The Bertz CT molecular complexity index is 533. The molecule has 0 atom stereocenters. The number of hydrogen-bond acceptors (Lipinski definition) is 3. The van der Waals surface area contributed by atoms with Crippen molar-refractivity contribution in [3.8, 4) is 0 Å². The van der Waals surface area contributed by atoms with Crippen LogP contribution in [-0.4, -0.2) is 44.0 Å². The summed E-state index contributed by atoms with van der Waals surface area (Å²) < 4.78 is 25.9. The van der Waals surface area contributed by atoms with E-state index in [4.69, 9.17) is 5.73 Å². The van der Waals surface area contributed by atoms with Crippen LogP contribution in [-0.2, 0) is 0 Å². The summed E-state index contributed by atoms with van der Waals surface area (Å²) >= 11 is 0. The maximum Gasteiger partial charge on any atom is 0.321 e.